The van der Waals surface area contributed by atoms with Gasteiger partial charge in [0.2, 0.25) is 5.82 Å². The zero-order valence-corrected chi connectivity index (χ0v) is 6.89. The Bertz CT molecular complexity index is 511. The molecule has 0 aromatic carbocycles. The lowest BCUT2D eigenvalue weighted by Crippen LogP contribution is -1.98. The molecule has 1 aliphatic rings. The average molecular weight is 174 g/mol. The zero-order valence-electron chi connectivity index (χ0n) is 6.89. The summed E-state index contributed by atoms with van der Waals surface area (Å²) in [6.07, 6.45) is 1.48. The molecular weight excluding hydrogens is 168 g/mol. The number of aryl methyl sites for hydroxylation is 1. The molecule has 0 aliphatic carbocycles. The van der Waals surface area contributed by atoms with Gasteiger partial charge in [-0.1, -0.05) is 5.22 Å². The van der Waals surface area contributed by atoms with Gasteiger partial charge in [-0.15, -0.1) is 5.11 Å². The molecule has 2 aromatic heterocycles. The van der Waals surface area contributed by atoms with Gasteiger partial charge in [0.1, 0.15) is 11.8 Å². The van der Waals surface area contributed by atoms with E-state index in [1.807, 2.05) is 13.0 Å². The Morgan fingerprint density at radius 3 is 3.31 bits per heavy atom. The van der Waals surface area contributed by atoms with E-state index in [-0.39, 0.29) is 0 Å². The van der Waals surface area contributed by atoms with Gasteiger partial charge in [0.05, 0.1) is 5.69 Å². The molecule has 0 fully saturated rings. The Morgan fingerprint density at radius 1 is 1.46 bits per heavy atom. The largest absolute Gasteiger partial charge is 0.257 e. The van der Waals surface area contributed by atoms with E-state index in [1.165, 1.54) is 6.33 Å². The van der Waals surface area contributed by atoms with Crippen molar-refractivity contribution in [3.8, 4) is 0 Å². The Morgan fingerprint density at radius 2 is 2.38 bits per heavy atom. The quantitative estimate of drug-likeness (QED) is 0.657. The van der Waals surface area contributed by atoms with Gasteiger partial charge >= 0.3 is 0 Å². The lowest BCUT2D eigenvalue weighted by atomic mass is 10.4. The molecule has 0 amide bonds. The number of nitrogens with one attached hydrogen (secondary N) is 1. The maximum absolute atomic E-state index is 4.11. The molecule has 1 aliphatic heterocycles. The van der Waals surface area contributed by atoms with Crippen molar-refractivity contribution in [1.29, 1.82) is 0 Å². The highest BCUT2D eigenvalue weighted by atomic mass is 15.5. The van der Waals surface area contributed by atoms with Crippen LogP contribution in [0.15, 0.2) is 22.7 Å². The Labute approximate surface area is 73.3 Å². The fraction of sp³-hybridized carbons (Fsp3) is 0.143. The molecule has 64 valence electrons. The second kappa shape index (κ2) is 2.03. The lowest BCUT2D eigenvalue weighted by Gasteiger charge is -2.04. The summed E-state index contributed by atoms with van der Waals surface area (Å²) >= 11 is 0. The zero-order chi connectivity index (χ0) is 8.84. The predicted octanol–water partition coefficient (Wildman–Crippen LogP) is 1.46. The number of anilines is 1. The van der Waals surface area contributed by atoms with E-state index in [1.54, 1.807) is 4.52 Å². The average Bonchev–Trinajstić information content (AvgIpc) is 2.47. The van der Waals surface area contributed by atoms with Crippen molar-refractivity contribution in [3.63, 3.8) is 0 Å². The number of nitrogens with zero attached hydrogens (tertiary/aromatic N) is 5. The number of hydrogen-bond donors (Lipinski definition) is 1. The summed E-state index contributed by atoms with van der Waals surface area (Å²) in [6, 6.07) is 1.96. The van der Waals surface area contributed by atoms with Gasteiger partial charge in [-0.25, -0.2) is 9.50 Å². The van der Waals surface area contributed by atoms with Crippen LogP contribution >= 0.6 is 0 Å². The molecule has 2 aromatic rings. The second-order valence-corrected chi connectivity index (χ2v) is 2.86. The van der Waals surface area contributed by atoms with E-state index in [9.17, 15) is 0 Å². The van der Waals surface area contributed by atoms with Crippen molar-refractivity contribution in [3.05, 3.63) is 18.1 Å². The summed E-state index contributed by atoms with van der Waals surface area (Å²) < 4.78 is 1.79. The first kappa shape index (κ1) is 6.53. The van der Waals surface area contributed by atoms with Crippen LogP contribution in [0.2, 0.25) is 0 Å². The van der Waals surface area contributed by atoms with E-state index in [4.69, 9.17) is 0 Å². The molecule has 0 radical (unpaired) electrons. The first-order chi connectivity index (χ1) is 6.36. The molecular formula is C7H6N6. The number of rotatable bonds is 0. The highest BCUT2D eigenvalue weighted by Crippen LogP contribution is 2.30. The van der Waals surface area contributed by atoms with Crippen molar-refractivity contribution in [2.45, 2.75) is 6.92 Å². The predicted molar refractivity (Wildman–Crippen MR) is 45.9 cm³/mol. The van der Waals surface area contributed by atoms with E-state index in [0.29, 0.717) is 5.82 Å². The molecule has 0 bridgehead atoms. The maximum Gasteiger partial charge on any atom is 0.205 e. The molecule has 6 nitrogen and oxygen atoms in total. The molecule has 0 atom stereocenters. The normalized spacial score (nSPS) is 13.3. The minimum atomic E-state index is 0.608. The number of aromatic nitrogens is 3. The van der Waals surface area contributed by atoms with Crippen LogP contribution in [-0.2, 0) is 0 Å². The standard InChI is InChI=1S/C7H6N6/c1-4-2-5-6-7(11-12-10-5)8-3-9-13(4)6/h2-3H,1H3,(H,8,9,10,11). The van der Waals surface area contributed by atoms with Gasteiger partial charge in [-0.2, -0.15) is 5.10 Å². The fourth-order valence-electron chi connectivity index (χ4n) is 1.47. The highest BCUT2D eigenvalue weighted by Gasteiger charge is 2.14. The van der Waals surface area contributed by atoms with E-state index >= 15 is 0 Å². The Kier molecular flexibility index (Phi) is 1.02. The molecule has 3 heterocycles. The van der Waals surface area contributed by atoms with Crippen molar-refractivity contribution < 1.29 is 0 Å². The van der Waals surface area contributed by atoms with Gasteiger partial charge in [0, 0.05) is 5.69 Å². The summed E-state index contributed by atoms with van der Waals surface area (Å²) in [4.78, 5) is 4.02. The van der Waals surface area contributed by atoms with Crippen LogP contribution in [0, 0.1) is 6.92 Å². The van der Waals surface area contributed by atoms with Crippen molar-refractivity contribution >= 4 is 17.0 Å². The molecule has 0 unspecified atom stereocenters. The Balaban J connectivity index is 2.57. The van der Waals surface area contributed by atoms with Gasteiger partial charge in [0.15, 0.2) is 0 Å². The van der Waals surface area contributed by atoms with Crippen LogP contribution in [0.5, 0.6) is 0 Å². The van der Waals surface area contributed by atoms with E-state index in [2.05, 4.69) is 25.8 Å². The van der Waals surface area contributed by atoms with Gasteiger partial charge in [-0.05, 0) is 13.0 Å². The van der Waals surface area contributed by atoms with Crippen molar-refractivity contribution in [2.75, 3.05) is 5.43 Å². The van der Waals surface area contributed by atoms with Crippen LogP contribution in [0.1, 0.15) is 5.69 Å². The SMILES string of the molecule is Cc1cc2c3c(ncnn13)N=NN2. The topological polar surface area (TPSA) is 66.9 Å². The summed E-state index contributed by atoms with van der Waals surface area (Å²) in [5, 5.41) is 11.7. The molecule has 0 saturated heterocycles. The molecule has 1 N–H and O–H groups in total. The Hall–Kier alpha value is -1.98. The van der Waals surface area contributed by atoms with Crippen LogP contribution in [0.25, 0.3) is 5.52 Å². The minimum Gasteiger partial charge on any atom is -0.257 e. The summed E-state index contributed by atoms with van der Waals surface area (Å²) in [7, 11) is 0. The van der Waals surface area contributed by atoms with Crippen LogP contribution in [-0.4, -0.2) is 14.6 Å². The lowest BCUT2D eigenvalue weighted by molar-refractivity contribution is 0.863. The fourth-order valence-corrected chi connectivity index (χ4v) is 1.47. The minimum absolute atomic E-state index is 0.608. The summed E-state index contributed by atoms with van der Waals surface area (Å²) in [5.74, 6) is 0.608. The molecule has 6 heteroatoms. The second-order valence-electron chi connectivity index (χ2n) is 2.86. The third kappa shape index (κ3) is 0.715. The third-order valence-electron chi connectivity index (χ3n) is 2.03. The first-order valence-electron chi connectivity index (χ1n) is 3.86. The van der Waals surface area contributed by atoms with Crippen molar-refractivity contribution in [1.82, 2.24) is 14.6 Å². The van der Waals surface area contributed by atoms with E-state index < -0.39 is 0 Å². The summed E-state index contributed by atoms with van der Waals surface area (Å²) in [5.41, 5.74) is 5.63. The van der Waals surface area contributed by atoms with Crippen LogP contribution < -0.4 is 5.43 Å². The first-order valence-corrected chi connectivity index (χ1v) is 3.86. The van der Waals surface area contributed by atoms with Gasteiger partial charge in [0.25, 0.3) is 0 Å². The molecule has 13 heavy (non-hydrogen) atoms. The smallest absolute Gasteiger partial charge is 0.205 e. The van der Waals surface area contributed by atoms with Crippen LogP contribution in [0.4, 0.5) is 11.5 Å². The number of hydrogen-bond acceptors (Lipinski definition) is 5. The van der Waals surface area contributed by atoms with Crippen LogP contribution in [0.3, 0.4) is 0 Å². The molecule has 0 saturated carbocycles. The van der Waals surface area contributed by atoms with Gasteiger partial charge < -0.3 is 0 Å². The highest BCUT2D eigenvalue weighted by molar-refractivity contribution is 5.83. The monoisotopic (exact) mass is 174 g/mol. The molecule has 0 spiro atoms. The van der Waals surface area contributed by atoms with Crippen molar-refractivity contribution in [2.24, 2.45) is 10.3 Å². The molecule has 3 rings (SSSR count). The van der Waals surface area contributed by atoms with Gasteiger partial charge in [-0.3, -0.25) is 5.43 Å². The summed E-state index contributed by atoms with van der Waals surface area (Å²) in [6.45, 7) is 1.97. The van der Waals surface area contributed by atoms with E-state index in [0.717, 1.165) is 16.9 Å². The maximum atomic E-state index is 4.11. The third-order valence-corrected chi connectivity index (χ3v) is 2.03.